The van der Waals surface area contributed by atoms with Crippen LogP contribution in [0.15, 0.2) is 23.2 Å². The van der Waals surface area contributed by atoms with Crippen LogP contribution in [0, 0.1) is 0 Å². The molecule has 0 heterocycles. The summed E-state index contributed by atoms with van der Waals surface area (Å²) in [7, 11) is 0. The molecule has 0 atom stereocenters. The largest absolute Gasteiger partial charge is 0.484 e. The van der Waals surface area contributed by atoms with E-state index in [2.05, 4.69) is 4.99 Å². The van der Waals surface area contributed by atoms with Gasteiger partial charge in [0.05, 0.1) is 0 Å². The molecule has 6 heteroatoms. The van der Waals surface area contributed by atoms with Gasteiger partial charge >= 0.3 is 0 Å². The van der Waals surface area contributed by atoms with Gasteiger partial charge in [0.1, 0.15) is 5.75 Å². The smallest absolute Gasteiger partial charge is 0.294 e. The molecule has 0 aliphatic rings. The summed E-state index contributed by atoms with van der Waals surface area (Å²) in [5, 5.41) is 0.785. The van der Waals surface area contributed by atoms with Crippen molar-refractivity contribution in [3.63, 3.8) is 0 Å². The fraction of sp³-hybridized carbons (Fsp3) is 0.111. The SMILES string of the molecule is O=C=NC(=O)COc1cc(Cl)cc(Cl)c1. The quantitative estimate of drug-likeness (QED) is 0.607. The molecule has 0 radical (unpaired) electrons. The molecule has 0 fully saturated rings. The van der Waals surface area contributed by atoms with E-state index >= 15 is 0 Å². The molecule has 0 bridgehead atoms. The molecule has 0 aliphatic carbocycles. The second-order valence-corrected chi connectivity index (χ2v) is 3.36. The highest BCUT2D eigenvalue weighted by Gasteiger charge is 2.02. The zero-order valence-corrected chi connectivity index (χ0v) is 8.88. The molecule has 0 spiro atoms. The van der Waals surface area contributed by atoms with E-state index < -0.39 is 5.91 Å². The van der Waals surface area contributed by atoms with Crippen molar-refractivity contribution in [3.05, 3.63) is 28.2 Å². The number of ether oxygens (including phenoxy) is 1. The van der Waals surface area contributed by atoms with Crippen LogP contribution in [-0.2, 0) is 9.59 Å². The van der Waals surface area contributed by atoms with Gasteiger partial charge < -0.3 is 4.74 Å². The maximum atomic E-state index is 10.8. The highest BCUT2D eigenvalue weighted by Crippen LogP contribution is 2.23. The number of benzene rings is 1. The molecule has 1 amide bonds. The standard InChI is InChI=1S/C9H5Cl2NO3/c10-6-1-7(11)3-8(2-6)15-4-9(14)12-5-13/h1-3H,4H2. The van der Waals surface area contributed by atoms with Crippen molar-refractivity contribution in [3.8, 4) is 5.75 Å². The first-order chi connectivity index (χ1) is 7.11. The van der Waals surface area contributed by atoms with E-state index in [1.54, 1.807) is 0 Å². The molecule has 1 aromatic rings. The minimum atomic E-state index is -0.721. The third-order valence-electron chi connectivity index (χ3n) is 1.37. The van der Waals surface area contributed by atoms with Crippen LogP contribution in [0.5, 0.6) is 5.75 Å². The highest BCUT2D eigenvalue weighted by atomic mass is 35.5. The maximum Gasteiger partial charge on any atom is 0.294 e. The summed E-state index contributed by atoms with van der Waals surface area (Å²) < 4.78 is 4.99. The lowest BCUT2D eigenvalue weighted by molar-refractivity contribution is -0.119. The lowest BCUT2D eigenvalue weighted by atomic mass is 10.3. The van der Waals surface area contributed by atoms with E-state index in [1.807, 2.05) is 0 Å². The number of carbonyl (C=O) groups is 1. The third-order valence-corrected chi connectivity index (χ3v) is 1.81. The molecular formula is C9H5Cl2NO3. The third kappa shape index (κ3) is 4.13. The van der Waals surface area contributed by atoms with Gasteiger partial charge in [0, 0.05) is 10.0 Å². The van der Waals surface area contributed by atoms with Crippen molar-refractivity contribution in [2.24, 2.45) is 4.99 Å². The average Bonchev–Trinajstić information content (AvgIpc) is 2.14. The molecule has 1 aromatic carbocycles. The monoisotopic (exact) mass is 245 g/mol. The number of aliphatic imine (C=N–C) groups is 1. The van der Waals surface area contributed by atoms with E-state index in [4.69, 9.17) is 27.9 Å². The number of halogens is 2. The van der Waals surface area contributed by atoms with Crippen molar-refractivity contribution in [2.45, 2.75) is 0 Å². The van der Waals surface area contributed by atoms with Crippen molar-refractivity contribution < 1.29 is 14.3 Å². The van der Waals surface area contributed by atoms with Gasteiger partial charge in [-0.25, -0.2) is 4.79 Å². The van der Waals surface area contributed by atoms with E-state index in [0.29, 0.717) is 15.8 Å². The number of rotatable bonds is 3. The topological polar surface area (TPSA) is 55.7 Å². The number of hydrogen-bond donors (Lipinski definition) is 0. The molecule has 0 aliphatic heterocycles. The van der Waals surface area contributed by atoms with Crippen LogP contribution in [0.3, 0.4) is 0 Å². The van der Waals surface area contributed by atoms with Crippen LogP contribution in [0.1, 0.15) is 0 Å². The Hall–Kier alpha value is -1.35. The van der Waals surface area contributed by atoms with Crippen molar-refractivity contribution in [1.82, 2.24) is 0 Å². The Morgan fingerprint density at radius 1 is 1.33 bits per heavy atom. The summed E-state index contributed by atoms with van der Waals surface area (Å²) in [5.74, 6) is -0.386. The van der Waals surface area contributed by atoms with Crippen LogP contribution < -0.4 is 4.74 Å². The van der Waals surface area contributed by atoms with Crippen LogP contribution in [0.25, 0.3) is 0 Å². The van der Waals surface area contributed by atoms with Gasteiger partial charge in [-0.15, -0.1) is 4.99 Å². The Bertz CT molecular complexity index is 407. The van der Waals surface area contributed by atoms with E-state index in [9.17, 15) is 9.59 Å². The van der Waals surface area contributed by atoms with Crippen molar-refractivity contribution in [2.75, 3.05) is 6.61 Å². The van der Waals surface area contributed by atoms with Gasteiger partial charge in [0.15, 0.2) is 6.61 Å². The zero-order valence-electron chi connectivity index (χ0n) is 7.37. The number of nitrogens with zero attached hydrogens (tertiary/aromatic N) is 1. The fourth-order valence-corrected chi connectivity index (χ4v) is 1.35. The summed E-state index contributed by atoms with van der Waals surface area (Å²) in [6.07, 6.45) is 1.12. The molecule has 4 nitrogen and oxygen atoms in total. The van der Waals surface area contributed by atoms with E-state index in [-0.39, 0.29) is 6.61 Å². The first-order valence-corrected chi connectivity index (χ1v) is 4.57. The molecule has 15 heavy (non-hydrogen) atoms. The molecule has 0 N–H and O–H groups in total. The lowest BCUT2D eigenvalue weighted by Crippen LogP contribution is -2.08. The van der Waals surface area contributed by atoms with Gasteiger partial charge in [0.2, 0.25) is 6.08 Å². The second kappa shape index (κ2) is 5.51. The van der Waals surface area contributed by atoms with Gasteiger partial charge in [-0.1, -0.05) is 23.2 Å². The Balaban J connectivity index is 2.65. The normalized spacial score (nSPS) is 9.20. The Kier molecular flexibility index (Phi) is 4.31. The van der Waals surface area contributed by atoms with Crippen LogP contribution in [0.2, 0.25) is 10.0 Å². The number of carbonyl (C=O) groups excluding carboxylic acids is 2. The van der Waals surface area contributed by atoms with Crippen molar-refractivity contribution in [1.29, 1.82) is 0 Å². The first-order valence-electron chi connectivity index (χ1n) is 3.81. The molecule has 0 unspecified atom stereocenters. The van der Waals surface area contributed by atoms with E-state index in [1.165, 1.54) is 18.2 Å². The molecule has 78 valence electrons. The summed E-state index contributed by atoms with van der Waals surface area (Å²) in [5.41, 5.74) is 0. The highest BCUT2D eigenvalue weighted by molar-refractivity contribution is 6.34. The van der Waals surface area contributed by atoms with Gasteiger partial charge in [0.25, 0.3) is 5.91 Å². The van der Waals surface area contributed by atoms with Gasteiger partial charge in [-0.05, 0) is 18.2 Å². The van der Waals surface area contributed by atoms with Crippen LogP contribution in [0.4, 0.5) is 0 Å². The van der Waals surface area contributed by atoms with Gasteiger partial charge in [-0.3, -0.25) is 4.79 Å². The van der Waals surface area contributed by atoms with Crippen molar-refractivity contribution >= 4 is 35.2 Å². The van der Waals surface area contributed by atoms with Gasteiger partial charge in [-0.2, -0.15) is 0 Å². The minimum absolute atomic E-state index is 0.335. The maximum absolute atomic E-state index is 10.8. The predicted molar refractivity (Wildman–Crippen MR) is 55.1 cm³/mol. The molecular weight excluding hydrogens is 241 g/mol. The molecule has 0 saturated heterocycles. The summed E-state index contributed by atoms with van der Waals surface area (Å²) in [6, 6.07) is 4.51. The lowest BCUT2D eigenvalue weighted by Gasteiger charge is -2.03. The number of hydrogen-bond acceptors (Lipinski definition) is 3. The zero-order chi connectivity index (χ0) is 11.3. The predicted octanol–water partition coefficient (Wildman–Crippen LogP) is 2.23. The summed E-state index contributed by atoms with van der Waals surface area (Å²) in [6.45, 7) is -0.355. The Morgan fingerprint density at radius 2 is 1.93 bits per heavy atom. The molecule has 0 aromatic heterocycles. The van der Waals surface area contributed by atoms with Crippen LogP contribution in [-0.4, -0.2) is 18.6 Å². The first kappa shape index (κ1) is 11.7. The average molecular weight is 246 g/mol. The second-order valence-electron chi connectivity index (χ2n) is 2.49. The fourth-order valence-electron chi connectivity index (χ4n) is 0.840. The Labute approximate surface area is 95.5 Å². The Morgan fingerprint density at radius 3 is 2.47 bits per heavy atom. The molecule has 0 saturated carbocycles. The van der Waals surface area contributed by atoms with E-state index in [0.717, 1.165) is 6.08 Å². The molecule has 1 rings (SSSR count). The number of amides is 1. The minimum Gasteiger partial charge on any atom is -0.484 e. The van der Waals surface area contributed by atoms with Crippen LogP contribution >= 0.6 is 23.2 Å². The summed E-state index contributed by atoms with van der Waals surface area (Å²) >= 11 is 11.4. The summed E-state index contributed by atoms with van der Waals surface area (Å²) in [4.78, 5) is 23.3. The number of isocyanates is 1.